The molecular weight excluding hydrogens is 276 g/mol. The summed E-state index contributed by atoms with van der Waals surface area (Å²) in [5.74, 6) is 0.824. The van der Waals surface area contributed by atoms with Gasteiger partial charge in [-0.2, -0.15) is 0 Å². The third-order valence-electron chi connectivity index (χ3n) is 4.00. The summed E-state index contributed by atoms with van der Waals surface area (Å²) in [5, 5.41) is 6.01. The molecule has 4 heteroatoms. The molecule has 2 aromatic rings. The highest BCUT2D eigenvalue weighted by atomic mass is 16.5. The Bertz CT molecular complexity index is 625. The van der Waals surface area contributed by atoms with E-state index in [1.807, 2.05) is 42.5 Å². The van der Waals surface area contributed by atoms with Gasteiger partial charge in [-0.3, -0.25) is 0 Å². The molecule has 1 fully saturated rings. The van der Waals surface area contributed by atoms with Crippen molar-refractivity contribution < 1.29 is 9.53 Å². The molecule has 0 aromatic heterocycles. The zero-order valence-electron chi connectivity index (χ0n) is 12.6. The van der Waals surface area contributed by atoms with Crippen molar-refractivity contribution >= 4 is 6.03 Å². The highest BCUT2D eigenvalue weighted by Gasteiger charge is 2.26. The monoisotopic (exact) mass is 296 g/mol. The molecule has 4 nitrogen and oxygen atoms in total. The van der Waals surface area contributed by atoms with E-state index < -0.39 is 0 Å². The summed E-state index contributed by atoms with van der Waals surface area (Å²) in [4.78, 5) is 11.9. The quantitative estimate of drug-likeness (QED) is 0.911. The number of hydrogen-bond acceptors (Lipinski definition) is 2. The lowest BCUT2D eigenvalue weighted by Gasteiger charge is -2.31. The summed E-state index contributed by atoms with van der Waals surface area (Å²) >= 11 is 0. The van der Waals surface area contributed by atoms with Gasteiger partial charge in [0.1, 0.15) is 5.75 Å². The van der Waals surface area contributed by atoms with Gasteiger partial charge in [0.25, 0.3) is 0 Å². The van der Waals surface area contributed by atoms with Crippen LogP contribution in [0.4, 0.5) is 4.79 Å². The topological polar surface area (TPSA) is 50.4 Å². The predicted octanol–water partition coefficient (Wildman–Crippen LogP) is 3.05. The highest BCUT2D eigenvalue weighted by Crippen LogP contribution is 2.24. The smallest absolute Gasteiger partial charge is 0.315 e. The first-order valence-electron chi connectivity index (χ1n) is 7.49. The van der Waals surface area contributed by atoms with Crippen LogP contribution in [0.2, 0.25) is 0 Å². The van der Waals surface area contributed by atoms with Crippen molar-refractivity contribution in [1.82, 2.24) is 10.6 Å². The number of amides is 2. The average Bonchev–Trinajstić information content (AvgIpc) is 2.55. The van der Waals surface area contributed by atoms with Crippen LogP contribution in [0.3, 0.4) is 0 Å². The Kier molecular flexibility index (Phi) is 4.28. The maximum Gasteiger partial charge on any atom is 0.315 e. The lowest BCUT2D eigenvalue weighted by atomic mass is 9.93. The zero-order chi connectivity index (χ0) is 15.4. The number of nitrogens with one attached hydrogen (secondary N) is 2. The van der Waals surface area contributed by atoms with Gasteiger partial charge in [-0.05, 0) is 36.1 Å². The molecule has 1 aliphatic rings. The largest absolute Gasteiger partial charge is 0.497 e. The van der Waals surface area contributed by atoms with E-state index in [0.29, 0.717) is 0 Å². The van der Waals surface area contributed by atoms with Crippen molar-refractivity contribution in [2.75, 3.05) is 7.11 Å². The number of hydrogen-bond donors (Lipinski definition) is 2. The summed E-state index contributed by atoms with van der Waals surface area (Å²) in [6.07, 6.45) is 1.72. The van der Waals surface area contributed by atoms with E-state index in [0.717, 1.165) is 24.2 Å². The van der Waals surface area contributed by atoms with Crippen LogP contribution in [0.15, 0.2) is 54.6 Å². The number of carbonyl (C=O) groups is 1. The predicted molar refractivity (Wildman–Crippen MR) is 86.0 cm³/mol. The van der Waals surface area contributed by atoms with Gasteiger partial charge in [0.05, 0.1) is 13.2 Å². The molecule has 0 bridgehead atoms. The van der Waals surface area contributed by atoms with Crippen molar-refractivity contribution in [3.63, 3.8) is 0 Å². The minimum absolute atomic E-state index is 0.0355. The Balaban J connectivity index is 1.71. The van der Waals surface area contributed by atoms with Gasteiger partial charge in [0.15, 0.2) is 0 Å². The van der Waals surface area contributed by atoms with Crippen LogP contribution in [0.1, 0.15) is 23.6 Å². The number of ether oxygens (including phenoxy) is 1. The normalized spacial score (nSPS) is 20.9. The lowest BCUT2D eigenvalue weighted by Crippen LogP contribution is -2.51. The molecule has 2 N–H and O–H groups in total. The van der Waals surface area contributed by atoms with E-state index >= 15 is 0 Å². The van der Waals surface area contributed by atoms with Gasteiger partial charge in [-0.1, -0.05) is 42.5 Å². The van der Waals surface area contributed by atoms with Gasteiger partial charge >= 0.3 is 6.03 Å². The van der Waals surface area contributed by atoms with Crippen molar-refractivity contribution in [2.45, 2.75) is 24.9 Å². The molecule has 1 heterocycles. The molecule has 114 valence electrons. The van der Waals surface area contributed by atoms with Crippen LogP contribution in [0.25, 0.3) is 0 Å². The summed E-state index contributed by atoms with van der Waals surface area (Å²) in [7, 11) is 1.65. The molecule has 0 unspecified atom stereocenters. The fourth-order valence-corrected chi connectivity index (χ4v) is 2.88. The fourth-order valence-electron chi connectivity index (χ4n) is 2.88. The van der Waals surface area contributed by atoms with Crippen LogP contribution in [0.5, 0.6) is 5.75 Å². The molecule has 1 saturated heterocycles. The molecule has 0 saturated carbocycles. The Morgan fingerprint density at radius 3 is 2.45 bits per heavy atom. The molecule has 3 rings (SSSR count). The van der Waals surface area contributed by atoms with Crippen LogP contribution < -0.4 is 15.4 Å². The SMILES string of the molecule is COc1ccc([C@H]2C[C@H](Cc3ccccc3)NC(=O)N2)cc1. The fraction of sp³-hybridized carbons (Fsp3) is 0.278. The molecular formula is C18H20N2O2. The van der Waals surface area contributed by atoms with E-state index in [1.165, 1.54) is 5.56 Å². The first-order chi connectivity index (χ1) is 10.7. The van der Waals surface area contributed by atoms with Gasteiger partial charge in [0.2, 0.25) is 0 Å². The van der Waals surface area contributed by atoms with E-state index in [4.69, 9.17) is 4.74 Å². The molecule has 22 heavy (non-hydrogen) atoms. The average molecular weight is 296 g/mol. The Hall–Kier alpha value is -2.49. The molecule has 1 aliphatic heterocycles. The highest BCUT2D eigenvalue weighted by molar-refractivity contribution is 5.75. The Morgan fingerprint density at radius 2 is 1.77 bits per heavy atom. The molecule has 0 aliphatic carbocycles. The Morgan fingerprint density at radius 1 is 1.05 bits per heavy atom. The molecule has 0 spiro atoms. The molecule has 2 aromatic carbocycles. The van der Waals surface area contributed by atoms with Crippen LogP contribution in [-0.4, -0.2) is 19.2 Å². The second kappa shape index (κ2) is 6.52. The first-order valence-corrected chi connectivity index (χ1v) is 7.49. The van der Waals surface area contributed by atoms with E-state index in [9.17, 15) is 4.79 Å². The number of methoxy groups -OCH3 is 1. The second-order valence-corrected chi connectivity index (χ2v) is 5.57. The van der Waals surface area contributed by atoms with Crippen molar-refractivity contribution in [3.8, 4) is 5.75 Å². The minimum Gasteiger partial charge on any atom is -0.497 e. The van der Waals surface area contributed by atoms with Crippen molar-refractivity contribution in [1.29, 1.82) is 0 Å². The third kappa shape index (κ3) is 3.39. The van der Waals surface area contributed by atoms with Gasteiger partial charge < -0.3 is 15.4 Å². The lowest BCUT2D eigenvalue weighted by molar-refractivity contribution is 0.218. The number of benzene rings is 2. The van der Waals surface area contributed by atoms with Crippen LogP contribution in [-0.2, 0) is 6.42 Å². The number of urea groups is 1. The van der Waals surface area contributed by atoms with Crippen LogP contribution in [0, 0.1) is 0 Å². The summed E-state index contributed by atoms with van der Waals surface area (Å²) in [6.45, 7) is 0. The third-order valence-corrected chi connectivity index (χ3v) is 4.00. The van der Waals surface area contributed by atoms with Gasteiger partial charge in [-0.25, -0.2) is 4.79 Å². The van der Waals surface area contributed by atoms with E-state index in [-0.39, 0.29) is 18.1 Å². The standard InChI is InChI=1S/C18H20N2O2/c1-22-16-9-7-14(8-10-16)17-12-15(19-18(21)20-17)11-13-5-3-2-4-6-13/h2-10,15,17H,11-12H2,1H3,(H2,19,20,21)/t15-,17+/m0/s1. The number of carbonyl (C=O) groups excluding carboxylic acids is 1. The molecule has 2 amide bonds. The van der Waals surface area contributed by atoms with Gasteiger partial charge in [-0.15, -0.1) is 0 Å². The Labute approximate surface area is 130 Å². The van der Waals surface area contributed by atoms with Crippen LogP contribution >= 0.6 is 0 Å². The first kappa shape index (κ1) is 14.4. The van der Waals surface area contributed by atoms with Crippen molar-refractivity contribution in [2.24, 2.45) is 0 Å². The molecule has 0 radical (unpaired) electrons. The zero-order valence-corrected chi connectivity index (χ0v) is 12.6. The van der Waals surface area contributed by atoms with Gasteiger partial charge in [0, 0.05) is 6.04 Å². The second-order valence-electron chi connectivity index (χ2n) is 5.57. The summed E-state index contributed by atoms with van der Waals surface area (Å²) < 4.78 is 5.18. The van der Waals surface area contributed by atoms with Crippen molar-refractivity contribution in [3.05, 3.63) is 65.7 Å². The molecule has 2 atom stereocenters. The minimum atomic E-state index is -0.104. The summed E-state index contributed by atoms with van der Waals surface area (Å²) in [5.41, 5.74) is 2.34. The van der Waals surface area contributed by atoms with E-state index in [1.54, 1.807) is 7.11 Å². The van der Waals surface area contributed by atoms with E-state index in [2.05, 4.69) is 22.8 Å². The summed E-state index contributed by atoms with van der Waals surface area (Å²) in [6, 6.07) is 18.2. The maximum atomic E-state index is 11.9. The number of rotatable bonds is 4. The maximum absolute atomic E-state index is 11.9.